The van der Waals surface area contributed by atoms with Gasteiger partial charge in [-0.3, -0.25) is 9.59 Å². The number of ether oxygens (including phenoxy) is 1. The molecule has 0 N–H and O–H groups in total. The zero-order chi connectivity index (χ0) is 25.3. The average Bonchev–Trinajstić information content (AvgIpc) is 3.44. The molecule has 0 amide bonds. The summed E-state index contributed by atoms with van der Waals surface area (Å²) < 4.78 is 47.7. The monoisotopic (exact) mass is 498 g/mol. The largest absolute Gasteiger partial charge is 0.456 e. The van der Waals surface area contributed by atoms with Gasteiger partial charge in [-0.1, -0.05) is 17.7 Å². The second-order valence-corrected chi connectivity index (χ2v) is 10.6. The maximum atomic E-state index is 13.3. The zero-order valence-corrected chi connectivity index (χ0v) is 20.6. The van der Waals surface area contributed by atoms with Gasteiger partial charge in [0.2, 0.25) is 15.8 Å². The van der Waals surface area contributed by atoms with Crippen LogP contribution in [-0.2, 0) is 19.6 Å². The highest BCUT2D eigenvalue weighted by Crippen LogP contribution is 2.27. The van der Waals surface area contributed by atoms with Crippen LogP contribution in [0.3, 0.4) is 0 Å². The molecule has 0 radical (unpaired) electrons. The fourth-order valence-corrected chi connectivity index (χ4v) is 6.10. The zero-order valence-electron chi connectivity index (χ0n) is 19.8. The number of ketones is 1. The number of rotatable bonds is 7. The Balaban J connectivity index is 1.46. The molecule has 1 saturated heterocycles. The predicted octanol–water partition coefficient (Wildman–Crippen LogP) is 4.12. The SMILES string of the molecule is Cc1ccc(S(=O)(=O)N2CCC[C@@H]2C(=O)OCC(=O)c2cc(C)n(-c3ccc(F)cc3)c2C)cc1. The first-order chi connectivity index (χ1) is 16.6. The molecule has 2 heterocycles. The molecule has 184 valence electrons. The number of carbonyl (C=O) groups excluding carboxylic acids is 2. The van der Waals surface area contributed by atoms with E-state index in [2.05, 4.69) is 0 Å². The summed E-state index contributed by atoms with van der Waals surface area (Å²) >= 11 is 0. The molecular formula is C26H27FN2O5S. The quantitative estimate of drug-likeness (QED) is 0.361. The summed E-state index contributed by atoms with van der Waals surface area (Å²) in [7, 11) is -3.87. The lowest BCUT2D eigenvalue weighted by Crippen LogP contribution is -2.41. The second-order valence-electron chi connectivity index (χ2n) is 8.71. The smallest absolute Gasteiger partial charge is 0.324 e. The van der Waals surface area contributed by atoms with Crippen LogP contribution in [0.25, 0.3) is 5.69 Å². The van der Waals surface area contributed by atoms with E-state index in [1.807, 2.05) is 18.4 Å². The predicted molar refractivity (Wildman–Crippen MR) is 129 cm³/mol. The van der Waals surface area contributed by atoms with E-state index >= 15 is 0 Å². The summed E-state index contributed by atoms with van der Waals surface area (Å²) in [6.07, 6.45) is 0.856. The Bertz CT molecular complexity index is 1360. The Hall–Kier alpha value is -3.30. The van der Waals surface area contributed by atoms with Gasteiger partial charge >= 0.3 is 5.97 Å². The molecule has 0 spiro atoms. The van der Waals surface area contributed by atoms with Gasteiger partial charge in [-0.25, -0.2) is 12.8 Å². The van der Waals surface area contributed by atoms with Crippen molar-refractivity contribution in [2.24, 2.45) is 0 Å². The van der Waals surface area contributed by atoms with Gasteiger partial charge in [0.1, 0.15) is 11.9 Å². The lowest BCUT2D eigenvalue weighted by molar-refractivity contribution is -0.146. The number of benzene rings is 2. The van der Waals surface area contributed by atoms with Crippen molar-refractivity contribution in [1.29, 1.82) is 0 Å². The Morgan fingerprint density at radius 2 is 1.69 bits per heavy atom. The van der Waals surface area contributed by atoms with Crippen molar-refractivity contribution in [1.82, 2.24) is 8.87 Å². The summed E-state index contributed by atoms with van der Waals surface area (Å²) in [5.41, 5.74) is 3.43. The maximum Gasteiger partial charge on any atom is 0.324 e. The molecule has 1 fully saturated rings. The summed E-state index contributed by atoms with van der Waals surface area (Å²) in [5.74, 6) is -1.49. The molecule has 3 aromatic rings. The van der Waals surface area contributed by atoms with E-state index in [1.165, 1.54) is 24.3 Å². The Morgan fingerprint density at radius 1 is 1.03 bits per heavy atom. The summed E-state index contributed by atoms with van der Waals surface area (Å²) in [5, 5.41) is 0. The molecule has 1 aromatic heterocycles. The molecule has 0 bridgehead atoms. The molecule has 1 atom stereocenters. The van der Waals surface area contributed by atoms with Crippen LogP contribution in [0, 0.1) is 26.6 Å². The first-order valence-electron chi connectivity index (χ1n) is 11.3. The number of Topliss-reactive ketones (excluding diaryl/α,β-unsaturated/α-hetero) is 1. The average molecular weight is 499 g/mol. The fourth-order valence-electron chi connectivity index (χ4n) is 4.45. The van der Waals surface area contributed by atoms with Crippen LogP contribution < -0.4 is 0 Å². The molecule has 9 heteroatoms. The molecule has 35 heavy (non-hydrogen) atoms. The number of aromatic nitrogens is 1. The van der Waals surface area contributed by atoms with Crippen LogP contribution in [0.5, 0.6) is 0 Å². The van der Waals surface area contributed by atoms with Crippen molar-refractivity contribution in [3.8, 4) is 5.69 Å². The maximum absolute atomic E-state index is 13.3. The second kappa shape index (κ2) is 9.75. The Morgan fingerprint density at radius 3 is 2.34 bits per heavy atom. The van der Waals surface area contributed by atoms with Crippen molar-refractivity contribution in [2.45, 2.75) is 44.6 Å². The first-order valence-corrected chi connectivity index (χ1v) is 12.8. The van der Waals surface area contributed by atoms with Gasteiger partial charge in [0, 0.05) is 29.2 Å². The van der Waals surface area contributed by atoms with Gasteiger partial charge < -0.3 is 9.30 Å². The lowest BCUT2D eigenvalue weighted by atomic mass is 10.1. The minimum atomic E-state index is -3.87. The highest BCUT2D eigenvalue weighted by atomic mass is 32.2. The lowest BCUT2D eigenvalue weighted by Gasteiger charge is -2.22. The normalized spacial score (nSPS) is 16.4. The third-order valence-corrected chi connectivity index (χ3v) is 8.19. The van der Waals surface area contributed by atoms with E-state index in [0.29, 0.717) is 29.8 Å². The molecule has 1 aliphatic heterocycles. The first kappa shape index (κ1) is 24.8. The van der Waals surface area contributed by atoms with Crippen LogP contribution in [-0.4, -0.2) is 48.2 Å². The van der Waals surface area contributed by atoms with Gasteiger partial charge in [-0.05, 0) is 76.1 Å². The number of halogens is 1. The van der Waals surface area contributed by atoms with Crippen molar-refractivity contribution >= 4 is 21.8 Å². The Labute approximate surface area is 204 Å². The molecule has 4 rings (SSSR count). The minimum absolute atomic E-state index is 0.118. The standard InChI is InChI=1S/C26H27FN2O5S/c1-17-6-12-22(13-7-17)35(32,33)28-14-4-5-24(28)26(31)34-16-25(30)23-15-18(2)29(19(23)3)21-10-8-20(27)9-11-21/h6-13,15,24H,4-5,14,16H2,1-3H3/t24-/m1/s1. The van der Waals surface area contributed by atoms with Crippen LogP contribution in [0.1, 0.15) is 40.2 Å². The molecule has 0 aliphatic carbocycles. The van der Waals surface area contributed by atoms with E-state index < -0.39 is 34.4 Å². The summed E-state index contributed by atoms with van der Waals surface area (Å²) in [4.78, 5) is 25.8. The van der Waals surface area contributed by atoms with E-state index in [0.717, 1.165) is 15.6 Å². The molecule has 7 nitrogen and oxygen atoms in total. The summed E-state index contributed by atoms with van der Waals surface area (Å²) in [6.45, 7) is 5.16. The molecule has 0 saturated carbocycles. The van der Waals surface area contributed by atoms with Crippen molar-refractivity contribution in [3.63, 3.8) is 0 Å². The van der Waals surface area contributed by atoms with Crippen molar-refractivity contribution in [3.05, 3.63) is 82.9 Å². The number of aryl methyl sites for hydroxylation is 2. The van der Waals surface area contributed by atoms with Gasteiger partial charge in [-0.2, -0.15) is 4.31 Å². The number of hydrogen-bond acceptors (Lipinski definition) is 5. The van der Waals surface area contributed by atoms with Gasteiger partial charge in [0.25, 0.3) is 0 Å². The van der Waals surface area contributed by atoms with Crippen molar-refractivity contribution in [2.75, 3.05) is 13.2 Å². The molecule has 1 aliphatic rings. The van der Waals surface area contributed by atoms with Crippen molar-refractivity contribution < 1.29 is 27.1 Å². The van der Waals surface area contributed by atoms with Gasteiger partial charge in [0.15, 0.2) is 6.61 Å². The molecular weight excluding hydrogens is 471 g/mol. The number of sulfonamides is 1. The fraction of sp³-hybridized carbons (Fsp3) is 0.308. The highest BCUT2D eigenvalue weighted by Gasteiger charge is 2.40. The topological polar surface area (TPSA) is 85.7 Å². The summed E-state index contributed by atoms with van der Waals surface area (Å²) in [6, 6.07) is 13.1. The minimum Gasteiger partial charge on any atom is -0.456 e. The van der Waals surface area contributed by atoms with Gasteiger partial charge in [0.05, 0.1) is 4.90 Å². The van der Waals surface area contributed by atoms with E-state index in [1.54, 1.807) is 37.3 Å². The molecule has 0 unspecified atom stereocenters. The van der Waals surface area contributed by atoms with Crippen LogP contribution in [0.4, 0.5) is 4.39 Å². The number of carbonyl (C=O) groups is 2. The number of hydrogen-bond donors (Lipinski definition) is 0. The van der Waals surface area contributed by atoms with Gasteiger partial charge in [-0.15, -0.1) is 0 Å². The third-order valence-electron chi connectivity index (χ3n) is 6.27. The third kappa shape index (κ3) is 4.92. The van der Waals surface area contributed by atoms with E-state index in [-0.39, 0.29) is 17.3 Å². The number of nitrogens with zero attached hydrogens (tertiary/aromatic N) is 2. The van der Waals surface area contributed by atoms with E-state index in [9.17, 15) is 22.4 Å². The van der Waals surface area contributed by atoms with Crippen LogP contribution in [0.2, 0.25) is 0 Å². The highest BCUT2D eigenvalue weighted by molar-refractivity contribution is 7.89. The van der Waals surface area contributed by atoms with Crippen LogP contribution >= 0.6 is 0 Å². The Kier molecular flexibility index (Phi) is 6.91. The van der Waals surface area contributed by atoms with Crippen LogP contribution in [0.15, 0.2) is 59.5 Å². The number of esters is 1. The molecule has 2 aromatic carbocycles. The van der Waals surface area contributed by atoms with E-state index in [4.69, 9.17) is 4.74 Å².